The number of rotatable bonds is 6. The summed E-state index contributed by atoms with van der Waals surface area (Å²) < 4.78 is 13.4. The smallest absolute Gasteiger partial charge is 0.161 e. The van der Waals surface area contributed by atoms with Gasteiger partial charge in [0.1, 0.15) is 17.2 Å². The van der Waals surface area contributed by atoms with Crippen molar-refractivity contribution in [1.29, 1.82) is 0 Å². The third-order valence-electron chi connectivity index (χ3n) is 4.90. The van der Waals surface area contributed by atoms with Crippen LogP contribution in [0.5, 0.6) is 11.5 Å². The van der Waals surface area contributed by atoms with E-state index in [1.165, 1.54) is 0 Å². The summed E-state index contributed by atoms with van der Waals surface area (Å²) >= 11 is 0. The Morgan fingerprint density at radius 1 is 1.30 bits per heavy atom. The quantitative estimate of drug-likeness (QED) is 0.571. The number of nitrogens with zero attached hydrogens (tertiary/aromatic N) is 2. The number of hydrogen-bond acceptors (Lipinski definition) is 6. The van der Waals surface area contributed by atoms with Crippen molar-refractivity contribution >= 4 is 11.5 Å². The normalized spacial score (nSPS) is 15.7. The number of aromatic hydroxyl groups is 1. The molecule has 0 aliphatic carbocycles. The molecule has 0 saturated carbocycles. The monoisotopic (exact) mass is 412 g/mol. The van der Waals surface area contributed by atoms with Gasteiger partial charge in [0.05, 0.1) is 12.7 Å². The lowest BCUT2D eigenvalue weighted by molar-refractivity contribution is 0.120. The van der Waals surface area contributed by atoms with Crippen molar-refractivity contribution in [2.45, 2.75) is 32.8 Å². The summed E-state index contributed by atoms with van der Waals surface area (Å²) in [5.74, 6) is 1.53. The maximum Gasteiger partial charge on any atom is 0.161 e. The van der Waals surface area contributed by atoms with Crippen LogP contribution in [-0.4, -0.2) is 54.4 Å². The molecule has 0 amide bonds. The molecule has 30 heavy (non-hydrogen) atoms. The molecule has 7 nitrogen and oxygen atoms in total. The maximum atomic E-state index is 10.0. The van der Waals surface area contributed by atoms with Crippen LogP contribution < -0.4 is 15.4 Å². The average Bonchev–Trinajstić information content (AvgIpc) is 3.37. The topological polar surface area (TPSA) is 80.1 Å². The van der Waals surface area contributed by atoms with E-state index >= 15 is 0 Å². The SMILES string of the molecule is CCOc1cc(-c2nc3c(C)cccn3c2NCC2CCCO2)ccc1O.CNC. The molecule has 162 valence electrons. The number of imidazole rings is 1. The maximum absolute atomic E-state index is 10.0. The highest BCUT2D eigenvalue weighted by molar-refractivity contribution is 5.78. The molecule has 1 unspecified atom stereocenters. The van der Waals surface area contributed by atoms with Gasteiger partial charge in [-0.1, -0.05) is 6.07 Å². The van der Waals surface area contributed by atoms with Crippen LogP contribution in [0.2, 0.25) is 0 Å². The molecule has 0 radical (unpaired) electrons. The molecular formula is C23H32N4O3. The van der Waals surface area contributed by atoms with E-state index in [-0.39, 0.29) is 11.9 Å². The molecular weight excluding hydrogens is 380 g/mol. The van der Waals surface area contributed by atoms with E-state index in [0.29, 0.717) is 12.4 Å². The van der Waals surface area contributed by atoms with Crippen molar-refractivity contribution < 1.29 is 14.6 Å². The highest BCUT2D eigenvalue weighted by atomic mass is 16.5. The Labute approximate surface area is 178 Å². The molecule has 3 N–H and O–H groups in total. The van der Waals surface area contributed by atoms with Gasteiger partial charge in [0.2, 0.25) is 0 Å². The van der Waals surface area contributed by atoms with Gasteiger partial charge < -0.3 is 25.2 Å². The molecule has 4 rings (SSSR count). The molecule has 1 saturated heterocycles. The fourth-order valence-electron chi connectivity index (χ4n) is 3.52. The predicted octanol–water partition coefficient (Wildman–Crippen LogP) is 3.84. The van der Waals surface area contributed by atoms with E-state index < -0.39 is 0 Å². The number of phenolic OH excluding ortho intramolecular Hbond substituents is 1. The van der Waals surface area contributed by atoms with Gasteiger partial charge in [0, 0.05) is 24.9 Å². The number of fused-ring (bicyclic) bond motifs is 1. The fraction of sp³-hybridized carbons (Fsp3) is 0.435. The second kappa shape index (κ2) is 10.3. The van der Waals surface area contributed by atoms with Gasteiger partial charge in [-0.2, -0.15) is 0 Å². The van der Waals surface area contributed by atoms with Gasteiger partial charge >= 0.3 is 0 Å². The van der Waals surface area contributed by atoms with Crippen molar-refractivity contribution in [3.63, 3.8) is 0 Å². The minimum atomic E-state index is 0.134. The van der Waals surface area contributed by atoms with E-state index in [9.17, 15) is 5.11 Å². The van der Waals surface area contributed by atoms with Crippen molar-refractivity contribution in [3.05, 3.63) is 42.1 Å². The molecule has 1 aliphatic rings. The fourth-order valence-corrected chi connectivity index (χ4v) is 3.52. The number of ether oxygens (including phenoxy) is 2. The second-order valence-corrected chi connectivity index (χ2v) is 7.33. The van der Waals surface area contributed by atoms with E-state index in [2.05, 4.69) is 28.0 Å². The lowest BCUT2D eigenvalue weighted by atomic mass is 10.1. The Kier molecular flexibility index (Phi) is 7.54. The second-order valence-electron chi connectivity index (χ2n) is 7.33. The summed E-state index contributed by atoms with van der Waals surface area (Å²) in [5.41, 5.74) is 3.75. The lowest BCUT2D eigenvalue weighted by Gasteiger charge is -2.14. The van der Waals surface area contributed by atoms with Crippen LogP contribution in [0.4, 0.5) is 5.82 Å². The van der Waals surface area contributed by atoms with Gasteiger partial charge in [0.15, 0.2) is 11.5 Å². The first-order valence-electron chi connectivity index (χ1n) is 10.5. The number of pyridine rings is 1. The number of benzene rings is 1. The Morgan fingerprint density at radius 3 is 2.80 bits per heavy atom. The molecule has 3 aromatic rings. The zero-order valence-electron chi connectivity index (χ0n) is 18.2. The summed E-state index contributed by atoms with van der Waals surface area (Å²) in [5, 5.41) is 16.3. The standard InChI is InChI=1S/C21H25N3O3.C2H7N/c1-3-26-18-12-15(8-9-17(18)25)19-21(22-13-16-7-5-11-27-16)24-10-4-6-14(2)20(24)23-19;1-3-2/h4,6,8-10,12,16,22,25H,3,5,7,11,13H2,1-2H3;3H,1-2H3. The molecule has 0 spiro atoms. The van der Waals surface area contributed by atoms with Gasteiger partial charge in [-0.25, -0.2) is 4.98 Å². The molecule has 2 aromatic heterocycles. The summed E-state index contributed by atoms with van der Waals surface area (Å²) in [6, 6.07) is 9.44. The first-order valence-corrected chi connectivity index (χ1v) is 10.5. The third-order valence-corrected chi connectivity index (χ3v) is 4.90. The molecule has 7 heteroatoms. The van der Waals surface area contributed by atoms with Crippen molar-refractivity contribution in [1.82, 2.24) is 14.7 Å². The summed E-state index contributed by atoms with van der Waals surface area (Å²) in [6.07, 6.45) is 4.43. The Morgan fingerprint density at radius 2 is 2.10 bits per heavy atom. The van der Waals surface area contributed by atoms with Crippen LogP contribution in [-0.2, 0) is 4.74 Å². The number of hydrogen-bond donors (Lipinski definition) is 3. The molecule has 3 heterocycles. The van der Waals surface area contributed by atoms with E-state index in [1.807, 2.05) is 45.4 Å². The minimum absolute atomic E-state index is 0.134. The summed E-state index contributed by atoms with van der Waals surface area (Å²) in [6.45, 7) is 6.02. The zero-order valence-corrected chi connectivity index (χ0v) is 18.2. The average molecular weight is 413 g/mol. The number of anilines is 1. The minimum Gasteiger partial charge on any atom is -0.504 e. The first kappa shape index (κ1) is 21.9. The Balaban J connectivity index is 0.000000806. The number of phenols is 1. The van der Waals surface area contributed by atoms with Gasteiger partial charge in [0.25, 0.3) is 0 Å². The van der Waals surface area contributed by atoms with E-state index in [1.54, 1.807) is 6.07 Å². The van der Waals surface area contributed by atoms with Crippen LogP contribution in [0, 0.1) is 6.92 Å². The molecule has 1 fully saturated rings. The van der Waals surface area contributed by atoms with Crippen molar-refractivity contribution in [3.8, 4) is 22.8 Å². The highest BCUT2D eigenvalue weighted by Gasteiger charge is 2.20. The van der Waals surface area contributed by atoms with Crippen LogP contribution in [0.3, 0.4) is 0 Å². The van der Waals surface area contributed by atoms with Gasteiger partial charge in [-0.15, -0.1) is 0 Å². The molecule has 1 aliphatic heterocycles. The predicted molar refractivity (Wildman–Crippen MR) is 121 cm³/mol. The van der Waals surface area contributed by atoms with E-state index in [4.69, 9.17) is 14.5 Å². The van der Waals surface area contributed by atoms with Crippen LogP contribution in [0.15, 0.2) is 36.5 Å². The Bertz CT molecular complexity index is 964. The highest BCUT2D eigenvalue weighted by Crippen LogP contribution is 2.35. The number of aryl methyl sites for hydroxylation is 1. The van der Waals surface area contributed by atoms with Gasteiger partial charge in [-0.3, -0.25) is 4.40 Å². The molecule has 1 aromatic carbocycles. The number of nitrogens with one attached hydrogen (secondary N) is 2. The number of aromatic nitrogens is 2. The molecule has 0 bridgehead atoms. The van der Waals surface area contributed by atoms with Crippen molar-refractivity contribution in [2.75, 3.05) is 39.2 Å². The zero-order chi connectivity index (χ0) is 21.5. The van der Waals surface area contributed by atoms with Crippen LogP contribution >= 0.6 is 0 Å². The summed E-state index contributed by atoms with van der Waals surface area (Å²) in [7, 11) is 3.75. The largest absolute Gasteiger partial charge is 0.504 e. The third kappa shape index (κ3) is 4.86. The van der Waals surface area contributed by atoms with Crippen molar-refractivity contribution in [2.24, 2.45) is 0 Å². The lowest BCUT2D eigenvalue weighted by Crippen LogP contribution is -2.19. The van der Waals surface area contributed by atoms with Crippen LogP contribution in [0.25, 0.3) is 16.9 Å². The van der Waals surface area contributed by atoms with E-state index in [0.717, 1.165) is 54.3 Å². The Hall–Kier alpha value is -2.77. The first-order chi connectivity index (χ1) is 14.6. The summed E-state index contributed by atoms with van der Waals surface area (Å²) in [4.78, 5) is 4.88. The van der Waals surface area contributed by atoms with Gasteiger partial charge in [-0.05, 0) is 70.6 Å². The molecule has 1 atom stereocenters. The van der Waals surface area contributed by atoms with Crippen LogP contribution in [0.1, 0.15) is 25.3 Å².